The molecule has 2 aliphatic rings. The Bertz CT molecular complexity index is 658. The molecule has 21 heavy (non-hydrogen) atoms. The molecule has 1 atom stereocenters. The van der Waals surface area contributed by atoms with E-state index in [1.165, 1.54) is 43.2 Å². The van der Waals surface area contributed by atoms with Crippen molar-refractivity contribution in [1.82, 2.24) is 0 Å². The van der Waals surface area contributed by atoms with Gasteiger partial charge in [-0.2, -0.15) is 0 Å². The van der Waals surface area contributed by atoms with Gasteiger partial charge >= 0.3 is 0 Å². The van der Waals surface area contributed by atoms with Crippen LogP contribution < -0.4 is 4.74 Å². The molecule has 1 unspecified atom stereocenters. The average molecular weight is 299 g/mol. The predicted molar refractivity (Wildman–Crippen MR) is 86.4 cm³/mol. The van der Waals surface area contributed by atoms with Gasteiger partial charge in [-0.3, -0.25) is 0 Å². The molecule has 1 aliphatic carbocycles. The summed E-state index contributed by atoms with van der Waals surface area (Å²) in [6.07, 6.45) is 6.69. The summed E-state index contributed by atoms with van der Waals surface area (Å²) in [5.74, 6) is 3.14. The third-order valence-corrected chi connectivity index (χ3v) is 5.14. The van der Waals surface area contributed by atoms with Crippen molar-refractivity contribution < 1.29 is 4.74 Å². The largest absolute Gasteiger partial charge is 0.457 e. The quantitative estimate of drug-likeness (QED) is 0.613. The van der Waals surface area contributed by atoms with Crippen LogP contribution in [0.1, 0.15) is 49.1 Å². The maximum atomic E-state index is 6.25. The van der Waals surface area contributed by atoms with Crippen molar-refractivity contribution in [3.63, 3.8) is 0 Å². The van der Waals surface area contributed by atoms with E-state index in [9.17, 15) is 0 Å². The second-order valence-electron chi connectivity index (χ2n) is 6.20. The number of halogens is 1. The van der Waals surface area contributed by atoms with Gasteiger partial charge in [0.2, 0.25) is 0 Å². The highest BCUT2D eigenvalue weighted by Gasteiger charge is 2.33. The SMILES string of the molecule is Clc1ccc2c(c1)C(C1CCCCC1)c1ccccc1O2. The molecule has 0 bridgehead atoms. The van der Waals surface area contributed by atoms with Gasteiger partial charge in [-0.15, -0.1) is 0 Å². The Kier molecular flexibility index (Phi) is 3.39. The summed E-state index contributed by atoms with van der Waals surface area (Å²) in [7, 11) is 0. The minimum atomic E-state index is 0.434. The van der Waals surface area contributed by atoms with Crippen LogP contribution in [0.4, 0.5) is 0 Å². The molecule has 1 saturated carbocycles. The van der Waals surface area contributed by atoms with Gasteiger partial charge in [0.15, 0.2) is 0 Å². The van der Waals surface area contributed by atoms with Gasteiger partial charge in [0.1, 0.15) is 11.5 Å². The molecule has 0 spiro atoms. The summed E-state index contributed by atoms with van der Waals surface area (Å²) >= 11 is 6.25. The van der Waals surface area contributed by atoms with Gasteiger partial charge < -0.3 is 4.74 Å². The molecule has 2 aromatic rings. The number of rotatable bonds is 1. The maximum Gasteiger partial charge on any atom is 0.131 e. The zero-order chi connectivity index (χ0) is 14.2. The van der Waals surface area contributed by atoms with Crippen LogP contribution in [0.15, 0.2) is 42.5 Å². The number of ether oxygens (including phenoxy) is 1. The first-order valence-corrected chi connectivity index (χ1v) is 8.27. The number of hydrogen-bond acceptors (Lipinski definition) is 1. The molecule has 2 aromatic carbocycles. The molecule has 108 valence electrons. The topological polar surface area (TPSA) is 9.23 Å². The van der Waals surface area contributed by atoms with Crippen LogP contribution in [0.5, 0.6) is 11.5 Å². The van der Waals surface area contributed by atoms with Crippen molar-refractivity contribution in [3.05, 3.63) is 58.6 Å². The van der Waals surface area contributed by atoms with Crippen LogP contribution in [0.2, 0.25) is 5.02 Å². The van der Waals surface area contributed by atoms with Crippen molar-refractivity contribution in [2.24, 2.45) is 5.92 Å². The van der Waals surface area contributed by atoms with E-state index in [2.05, 4.69) is 30.3 Å². The highest BCUT2D eigenvalue weighted by Crippen LogP contribution is 2.51. The number of para-hydroxylation sites is 1. The van der Waals surface area contributed by atoms with Crippen LogP contribution in [-0.2, 0) is 0 Å². The second-order valence-corrected chi connectivity index (χ2v) is 6.63. The number of fused-ring (bicyclic) bond motifs is 2. The molecular weight excluding hydrogens is 280 g/mol. The van der Waals surface area contributed by atoms with E-state index in [0.29, 0.717) is 11.8 Å². The molecule has 2 heteroatoms. The smallest absolute Gasteiger partial charge is 0.131 e. The van der Waals surface area contributed by atoms with Crippen LogP contribution in [0.3, 0.4) is 0 Å². The van der Waals surface area contributed by atoms with E-state index in [-0.39, 0.29) is 0 Å². The molecule has 0 saturated heterocycles. The van der Waals surface area contributed by atoms with Crippen LogP contribution in [-0.4, -0.2) is 0 Å². The first-order chi connectivity index (χ1) is 10.3. The highest BCUT2D eigenvalue weighted by molar-refractivity contribution is 6.30. The molecule has 1 nitrogen and oxygen atoms in total. The lowest BCUT2D eigenvalue weighted by Gasteiger charge is -2.36. The van der Waals surface area contributed by atoms with Crippen LogP contribution in [0, 0.1) is 5.92 Å². The van der Waals surface area contributed by atoms with Crippen molar-refractivity contribution in [3.8, 4) is 11.5 Å². The zero-order valence-electron chi connectivity index (χ0n) is 12.0. The summed E-state index contributed by atoms with van der Waals surface area (Å²) in [5, 5.41) is 0.803. The van der Waals surface area contributed by atoms with Crippen LogP contribution >= 0.6 is 11.6 Å². The first-order valence-electron chi connectivity index (χ1n) is 7.89. The van der Waals surface area contributed by atoms with Crippen molar-refractivity contribution in [1.29, 1.82) is 0 Å². The Balaban J connectivity index is 1.85. The fraction of sp³-hybridized carbons (Fsp3) is 0.368. The van der Waals surface area contributed by atoms with Gasteiger partial charge in [-0.25, -0.2) is 0 Å². The van der Waals surface area contributed by atoms with E-state index in [0.717, 1.165) is 16.5 Å². The second kappa shape index (κ2) is 5.38. The third kappa shape index (κ3) is 2.34. The zero-order valence-corrected chi connectivity index (χ0v) is 12.8. The maximum absolute atomic E-state index is 6.25. The molecule has 0 aromatic heterocycles. The fourth-order valence-electron chi connectivity index (χ4n) is 3.95. The highest BCUT2D eigenvalue weighted by atomic mass is 35.5. The first kappa shape index (κ1) is 13.2. The summed E-state index contributed by atoms with van der Waals surface area (Å²) < 4.78 is 6.09. The molecule has 1 fully saturated rings. The van der Waals surface area contributed by atoms with Crippen molar-refractivity contribution in [2.75, 3.05) is 0 Å². The summed E-state index contributed by atoms with van der Waals surface area (Å²) in [6.45, 7) is 0. The molecule has 1 aliphatic heterocycles. The van der Waals surface area contributed by atoms with Gasteiger partial charge in [0.05, 0.1) is 0 Å². The minimum Gasteiger partial charge on any atom is -0.457 e. The monoisotopic (exact) mass is 298 g/mol. The van der Waals surface area contributed by atoms with Gasteiger partial charge in [0, 0.05) is 22.1 Å². The fourth-order valence-corrected chi connectivity index (χ4v) is 4.13. The molecule has 4 rings (SSSR count). The van der Waals surface area contributed by atoms with Crippen molar-refractivity contribution >= 4 is 11.6 Å². The summed E-state index contributed by atoms with van der Waals surface area (Å²) in [6, 6.07) is 14.5. The number of hydrogen-bond donors (Lipinski definition) is 0. The van der Waals surface area contributed by atoms with E-state index in [4.69, 9.17) is 16.3 Å². The lowest BCUT2D eigenvalue weighted by atomic mass is 9.72. The Morgan fingerprint density at radius 2 is 1.62 bits per heavy atom. The van der Waals surface area contributed by atoms with E-state index >= 15 is 0 Å². The molecule has 1 heterocycles. The van der Waals surface area contributed by atoms with Crippen molar-refractivity contribution in [2.45, 2.75) is 38.0 Å². The van der Waals surface area contributed by atoms with E-state index in [1.807, 2.05) is 12.1 Å². The lowest BCUT2D eigenvalue weighted by molar-refractivity contribution is 0.309. The minimum absolute atomic E-state index is 0.434. The Labute approximate surface area is 130 Å². The number of benzene rings is 2. The summed E-state index contributed by atoms with van der Waals surface area (Å²) in [5.41, 5.74) is 2.60. The standard InChI is InChI=1S/C19H19ClO/c20-14-10-11-18-16(12-14)19(13-6-2-1-3-7-13)15-8-4-5-9-17(15)21-18/h4-5,8-13,19H,1-3,6-7H2. The Morgan fingerprint density at radius 1 is 0.857 bits per heavy atom. The Hall–Kier alpha value is -1.47. The molecule has 0 radical (unpaired) electrons. The van der Waals surface area contributed by atoms with E-state index < -0.39 is 0 Å². The third-order valence-electron chi connectivity index (χ3n) is 4.90. The molecule has 0 N–H and O–H groups in total. The molecular formula is C19H19ClO. The van der Waals surface area contributed by atoms with Gasteiger partial charge in [-0.1, -0.05) is 49.1 Å². The summed E-state index contributed by atoms with van der Waals surface area (Å²) in [4.78, 5) is 0. The average Bonchev–Trinajstić information content (AvgIpc) is 2.53. The normalized spacial score (nSPS) is 21.3. The van der Waals surface area contributed by atoms with Gasteiger partial charge in [-0.05, 0) is 43.0 Å². The van der Waals surface area contributed by atoms with E-state index in [1.54, 1.807) is 0 Å². The predicted octanol–water partition coefficient (Wildman–Crippen LogP) is 6.16. The lowest BCUT2D eigenvalue weighted by Crippen LogP contribution is -2.21. The Morgan fingerprint density at radius 3 is 2.48 bits per heavy atom. The molecule has 0 amide bonds. The van der Waals surface area contributed by atoms with Crippen LogP contribution in [0.25, 0.3) is 0 Å². The van der Waals surface area contributed by atoms with Gasteiger partial charge in [0.25, 0.3) is 0 Å².